The van der Waals surface area contributed by atoms with Gasteiger partial charge in [0.1, 0.15) is 6.07 Å². The number of aliphatic carboxylic acids is 2. The normalized spacial score (nSPS) is 14.5. The molecule has 0 spiro atoms. The fourth-order valence-corrected chi connectivity index (χ4v) is 1.70. The van der Waals surface area contributed by atoms with Crippen LogP contribution in [0.2, 0.25) is 0 Å². The standard InChI is InChI=1S/C9H8N2.C4H6O6/c10-6-8-3-1-2-7-4-5-11-9(7)8;5-1(3(7)8)2(6)4(9)10/h1-3,11H,4-5H2;1-2,5-6H,(H,7,8)(H,9,10). The SMILES string of the molecule is N#Cc1cccc2c1NCC2.O=C(O)C(O)C(O)C(=O)O. The van der Waals surface area contributed by atoms with Crippen molar-refractivity contribution < 1.29 is 30.0 Å². The minimum absolute atomic E-state index is 0.764. The second-order valence-electron chi connectivity index (χ2n) is 4.19. The molecule has 112 valence electrons. The highest BCUT2D eigenvalue weighted by atomic mass is 16.4. The maximum atomic E-state index is 9.77. The molecule has 0 saturated carbocycles. The van der Waals surface area contributed by atoms with Gasteiger partial charge in [0.15, 0.2) is 12.2 Å². The van der Waals surface area contributed by atoms with E-state index in [9.17, 15) is 9.59 Å². The Balaban J connectivity index is 0.000000212. The van der Waals surface area contributed by atoms with Gasteiger partial charge >= 0.3 is 11.9 Å². The first kappa shape index (κ1) is 16.4. The Bertz CT molecular complexity index is 563. The lowest BCUT2D eigenvalue weighted by molar-refractivity contribution is -0.165. The molecule has 2 atom stereocenters. The number of carboxylic acids is 2. The molecule has 1 aromatic carbocycles. The molecule has 1 aliphatic rings. The van der Waals surface area contributed by atoms with Crippen molar-refractivity contribution in [2.24, 2.45) is 0 Å². The van der Waals surface area contributed by atoms with E-state index in [2.05, 4.69) is 17.5 Å². The molecular weight excluding hydrogens is 280 g/mol. The molecule has 0 amide bonds. The summed E-state index contributed by atoms with van der Waals surface area (Å²) in [5.74, 6) is -3.54. The average molecular weight is 294 g/mol. The molecule has 8 nitrogen and oxygen atoms in total. The maximum absolute atomic E-state index is 9.77. The van der Waals surface area contributed by atoms with Crippen LogP contribution in [0.15, 0.2) is 18.2 Å². The smallest absolute Gasteiger partial charge is 0.335 e. The van der Waals surface area contributed by atoms with Crippen molar-refractivity contribution in [1.29, 1.82) is 5.26 Å². The van der Waals surface area contributed by atoms with Crippen LogP contribution < -0.4 is 5.32 Å². The number of rotatable bonds is 3. The third-order valence-electron chi connectivity index (χ3n) is 2.77. The molecule has 0 aliphatic carbocycles. The quantitative estimate of drug-likeness (QED) is 0.496. The number of benzene rings is 1. The van der Waals surface area contributed by atoms with Gasteiger partial charge in [0.25, 0.3) is 0 Å². The first-order chi connectivity index (χ1) is 9.88. The number of carbonyl (C=O) groups is 2. The first-order valence-electron chi connectivity index (χ1n) is 5.96. The Morgan fingerprint density at radius 2 is 1.76 bits per heavy atom. The van der Waals surface area contributed by atoms with Crippen LogP contribution in [0.4, 0.5) is 5.69 Å². The van der Waals surface area contributed by atoms with Gasteiger partial charge in [-0.25, -0.2) is 9.59 Å². The van der Waals surface area contributed by atoms with Crippen LogP contribution in [0.3, 0.4) is 0 Å². The van der Waals surface area contributed by atoms with E-state index >= 15 is 0 Å². The van der Waals surface area contributed by atoms with E-state index in [4.69, 9.17) is 25.7 Å². The van der Waals surface area contributed by atoms with Crippen LogP contribution in [0.5, 0.6) is 0 Å². The summed E-state index contributed by atoms with van der Waals surface area (Å²) in [4.78, 5) is 19.5. The van der Waals surface area contributed by atoms with E-state index in [1.54, 1.807) is 0 Å². The highest BCUT2D eigenvalue weighted by molar-refractivity contribution is 5.83. The number of aliphatic hydroxyl groups excluding tert-OH is 2. The second-order valence-corrected chi connectivity index (χ2v) is 4.19. The van der Waals surface area contributed by atoms with Crippen molar-refractivity contribution in [3.05, 3.63) is 29.3 Å². The lowest BCUT2D eigenvalue weighted by atomic mass is 10.1. The van der Waals surface area contributed by atoms with Gasteiger partial charge < -0.3 is 25.7 Å². The van der Waals surface area contributed by atoms with Crippen LogP contribution in [-0.2, 0) is 16.0 Å². The summed E-state index contributed by atoms with van der Waals surface area (Å²) in [6.07, 6.45) is -3.49. The van der Waals surface area contributed by atoms with E-state index in [1.165, 1.54) is 5.56 Å². The van der Waals surface area contributed by atoms with Gasteiger partial charge in [0.2, 0.25) is 0 Å². The van der Waals surface area contributed by atoms with Crippen LogP contribution in [0.1, 0.15) is 11.1 Å². The Kier molecular flexibility index (Phi) is 5.66. The summed E-state index contributed by atoms with van der Waals surface area (Å²) >= 11 is 0. The van der Waals surface area contributed by atoms with Crippen molar-refractivity contribution >= 4 is 17.6 Å². The lowest BCUT2D eigenvalue weighted by Gasteiger charge is -2.07. The van der Waals surface area contributed by atoms with Crippen LogP contribution in [0, 0.1) is 11.3 Å². The molecule has 1 aliphatic heterocycles. The van der Waals surface area contributed by atoms with Gasteiger partial charge in [0.05, 0.1) is 11.3 Å². The van der Waals surface area contributed by atoms with Crippen LogP contribution in [-0.4, -0.2) is 51.1 Å². The zero-order valence-corrected chi connectivity index (χ0v) is 10.9. The van der Waals surface area contributed by atoms with Crippen molar-refractivity contribution in [2.45, 2.75) is 18.6 Å². The number of hydrogen-bond donors (Lipinski definition) is 5. The topological polar surface area (TPSA) is 151 Å². The van der Waals surface area contributed by atoms with E-state index < -0.39 is 24.1 Å². The molecule has 0 radical (unpaired) electrons. The van der Waals surface area contributed by atoms with Gasteiger partial charge in [-0.05, 0) is 18.1 Å². The minimum atomic E-state index is -2.27. The number of hydrogen-bond acceptors (Lipinski definition) is 6. The number of fused-ring (bicyclic) bond motifs is 1. The van der Waals surface area contributed by atoms with E-state index in [0.717, 1.165) is 24.2 Å². The number of nitrogens with zero attached hydrogens (tertiary/aromatic N) is 1. The second kappa shape index (κ2) is 7.23. The number of nitrogens with one attached hydrogen (secondary N) is 1. The maximum Gasteiger partial charge on any atom is 0.335 e. The highest BCUT2D eigenvalue weighted by Gasteiger charge is 2.29. The molecule has 1 aromatic rings. The molecular formula is C13H14N2O6. The molecule has 2 unspecified atom stereocenters. The molecule has 2 rings (SSSR count). The molecule has 1 heterocycles. The van der Waals surface area contributed by atoms with Gasteiger partial charge in [0, 0.05) is 6.54 Å². The summed E-state index contributed by atoms with van der Waals surface area (Å²) in [6.45, 7) is 0.966. The van der Waals surface area contributed by atoms with Crippen LogP contribution >= 0.6 is 0 Å². The summed E-state index contributed by atoms with van der Waals surface area (Å²) in [7, 11) is 0. The molecule has 0 aromatic heterocycles. The van der Waals surface area contributed by atoms with Gasteiger partial charge in [-0.15, -0.1) is 0 Å². The van der Waals surface area contributed by atoms with Gasteiger partial charge in [-0.1, -0.05) is 12.1 Å². The average Bonchev–Trinajstić information content (AvgIpc) is 2.94. The Morgan fingerprint density at radius 1 is 1.19 bits per heavy atom. The summed E-state index contributed by atoms with van der Waals surface area (Å²) in [5, 5.41) is 44.4. The van der Waals surface area contributed by atoms with E-state index in [1.807, 2.05) is 12.1 Å². The predicted octanol–water partition coefficient (Wildman–Crippen LogP) is -0.596. The van der Waals surface area contributed by atoms with Crippen molar-refractivity contribution in [2.75, 3.05) is 11.9 Å². The highest BCUT2D eigenvalue weighted by Crippen LogP contribution is 2.25. The fourth-order valence-electron chi connectivity index (χ4n) is 1.70. The molecule has 0 fully saturated rings. The number of nitriles is 1. The largest absolute Gasteiger partial charge is 0.479 e. The minimum Gasteiger partial charge on any atom is -0.479 e. The number of para-hydroxylation sites is 1. The van der Waals surface area contributed by atoms with Gasteiger partial charge in [-0.2, -0.15) is 5.26 Å². The summed E-state index contributed by atoms with van der Waals surface area (Å²) in [6, 6.07) is 8.01. The Morgan fingerprint density at radius 3 is 2.24 bits per heavy atom. The van der Waals surface area contributed by atoms with Gasteiger partial charge in [-0.3, -0.25) is 0 Å². The lowest BCUT2D eigenvalue weighted by Crippen LogP contribution is -2.39. The Hall–Kier alpha value is -2.63. The van der Waals surface area contributed by atoms with Crippen molar-refractivity contribution in [3.8, 4) is 6.07 Å². The van der Waals surface area contributed by atoms with Crippen LogP contribution in [0.25, 0.3) is 0 Å². The Labute approximate surface area is 119 Å². The monoisotopic (exact) mass is 294 g/mol. The molecule has 21 heavy (non-hydrogen) atoms. The number of anilines is 1. The third kappa shape index (κ3) is 4.17. The molecule has 0 saturated heterocycles. The molecule has 5 N–H and O–H groups in total. The molecule has 0 bridgehead atoms. The first-order valence-corrected chi connectivity index (χ1v) is 5.96. The summed E-state index contributed by atoms with van der Waals surface area (Å²) < 4.78 is 0. The van der Waals surface area contributed by atoms with Crippen molar-refractivity contribution in [3.63, 3.8) is 0 Å². The number of carboxylic acid groups (broad SMARTS) is 2. The van der Waals surface area contributed by atoms with E-state index in [-0.39, 0.29) is 0 Å². The zero-order valence-electron chi connectivity index (χ0n) is 10.9. The van der Waals surface area contributed by atoms with Crippen molar-refractivity contribution in [1.82, 2.24) is 0 Å². The number of aliphatic hydroxyl groups is 2. The zero-order chi connectivity index (χ0) is 16.0. The predicted molar refractivity (Wildman–Crippen MR) is 70.6 cm³/mol. The van der Waals surface area contributed by atoms with E-state index in [0.29, 0.717) is 0 Å². The summed E-state index contributed by atoms with van der Waals surface area (Å²) in [5.41, 5.74) is 3.07. The molecule has 8 heteroatoms. The third-order valence-corrected chi connectivity index (χ3v) is 2.77. The fraction of sp³-hybridized carbons (Fsp3) is 0.308.